The van der Waals surface area contributed by atoms with E-state index in [-0.39, 0.29) is 5.91 Å². The van der Waals surface area contributed by atoms with Crippen molar-refractivity contribution in [3.8, 4) is 0 Å². The van der Waals surface area contributed by atoms with Crippen LogP contribution in [-0.2, 0) is 9.47 Å². The van der Waals surface area contributed by atoms with E-state index in [1.165, 1.54) is 0 Å². The van der Waals surface area contributed by atoms with Crippen molar-refractivity contribution in [2.45, 2.75) is 45.3 Å². The minimum atomic E-state index is -0.405. The Balaban J connectivity index is 1.70. The third kappa shape index (κ3) is 4.10. The number of rotatable bonds is 5. The summed E-state index contributed by atoms with van der Waals surface area (Å²) in [6, 6.07) is 1.81. The number of nitrogens with zero attached hydrogens (tertiary/aromatic N) is 4. The molecule has 3 rings (SSSR count). The van der Waals surface area contributed by atoms with E-state index in [0.29, 0.717) is 24.7 Å². The van der Waals surface area contributed by atoms with Gasteiger partial charge in [0.1, 0.15) is 17.3 Å². The third-order valence-corrected chi connectivity index (χ3v) is 4.90. The van der Waals surface area contributed by atoms with E-state index in [0.717, 1.165) is 51.1 Å². The fourth-order valence-corrected chi connectivity index (χ4v) is 3.38. The largest absolute Gasteiger partial charge is 0.356 e. The zero-order chi connectivity index (χ0) is 17.9. The second-order valence-corrected chi connectivity index (χ2v) is 6.83. The number of piperidine rings is 1. The molecule has 2 aliphatic heterocycles. The van der Waals surface area contributed by atoms with Crippen LogP contribution in [0.15, 0.2) is 6.07 Å². The lowest BCUT2D eigenvalue weighted by atomic mass is 10.0. The maximum Gasteiger partial charge on any atom is 0.272 e. The molecular weight excluding hydrogens is 320 g/mol. The quantitative estimate of drug-likeness (QED) is 0.811. The highest BCUT2D eigenvalue weighted by molar-refractivity contribution is 5.92. The summed E-state index contributed by atoms with van der Waals surface area (Å²) < 4.78 is 11.6. The molecule has 1 spiro atoms. The molecule has 0 saturated carbocycles. The molecule has 25 heavy (non-hydrogen) atoms. The summed E-state index contributed by atoms with van der Waals surface area (Å²) in [5.41, 5.74) is 0.467. The zero-order valence-corrected chi connectivity index (χ0v) is 15.5. The van der Waals surface area contributed by atoms with Crippen molar-refractivity contribution in [3.63, 3.8) is 0 Å². The van der Waals surface area contributed by atoms with Crippen molar-refractivity contribution in [3.05, 3.63) is 17.6 Å². The number of ether oxygens (including phenoxy) is 2. The van der Waals surface area contributed by atoms with Crippen molar-refractivity contribution in [1.29, 1.82) is 0 Å². The van der Waals surface area contributed by atoms with Gasteiger partial charge in [-0.15, -0.1) is 0 Å². The standard InChI is InChI=1S/C18H28N4O3/c1-4-5-8-21(3)17(23)15-13-16(20-14(2)19-15)22-9-6-18(7-10-22)24-11-12-25-18/h13H,4-12H2,1-3H3. The fourth-order valence-electron chi connectivity index (χ4n) is 3.38. The van der Waals surface area contributed by atoms with Crippen LogP contribution in [0.3, 0.4) is 0 Å². The monoisotopic (exact) mass is 348 g/mol. The van der Waals surface area contributed by atoms with Crippen molar-refractivity contribution < 1.29 is 14.3 Å². The lowest BCUT2D eigenvalue weighted by Gasteiger charge is -2.38. The Hall–Kier alpha value is -1.73. The van der Waals surface area contributed by atoms with Crippen LogP contribution in [-0.4, -0.2) is 66.5 Å². The highest BCUT2D eigenvalue weighted by Gasteiger charge is 2.40. The third-order valence-electron chi connectivity index (χ3n) is 4.90. The van der Waals surface area contributed by atoms with Gasteiger partial charge in [0, 0.05) is 45.6 Å². The number of aryl methyl sites for hydroxylation is 1. The average molecular weight is 348 g/mol. The number of carbonyl (C=O) groups is 1. The number of amides is 1. The highest BCUT2D eigenvalue weighted by atomic mass is 16.7. The van der Waals surface area contributed by atoms with Gasteiger partial charge >= 0.3 is 0 Å². The van der Waals surface area contributed by atoms with Gasteiger partial charge in [0.2, 0.25) is 0 Å². The van der Waals surface area contributed by atoms with Crippen LogP contribution in [0.2, 0.25) is 0 Å². The predicted molar refractivity (Wildman–Crippen MR) is 94.7 cm³/mol. The Morgan fingerprint density at radius 2 is 1.96 bits per heavy atom. The Morgan fingerprint density at radius 1 is 1.28 bits per heavy atom. The van der Waals surface area contributed by atoms with E-state index < -0.39 is 5.79 Å². The number of carbonyl (C=O) groups excluding carboxylic acids is 1. The van der Waals surface area contributed by atoms with E-state index in [4.69, 9.17) is 9.47 Å². The molecule has 0 bridgehead atoms. The Labute approximate surface area is 149 Å². The first-order valence-electron chi connectivity index (χ1n) is 9.17. The SMILES string of the molecule is CCCCN(C)C(=O)c1cc(N2CCC3(CC2)OCCO3)nc(C)n1. The molecule has 1 aromatic rings. The van der Waals surface area contributed by atoms with Gasteiger partial charge in [0.25, 0.3) is 5.91 Å². The molecule has 2 saturated heterocycles. The minimum Gasteiger partial charge on any atom is -0.356 e. The van der Waals surface area contributed by atoms with Gasteiger partial charge in [0.05, 0.1) is 13.2 Å². The molecule has 0 unspecified atom stereocenters. The van der Waals surface area contributed by atoms with Crippen LogP contribution in [0.1, 0.15) is 48.9 Å². The van der Waals surface area contributed by atoms with E-state index >= 15 is 0 Å². The van der Waals surface area contributed by atoms with Gasteiger partial charge in [-0.25, -0.2) is 9.97 Å². The van der Waals surface area contributed by atoms with Gasteiger partial charge in [-0.3, -0.25) is 4.79 Å². The predicted octanol–water partition coefficient (Wildman–Crippen LogP) is 2.00. The van der Waals surface area contributed by atoms with Crippen molar-refractivity contribution in [2.24, 2.45) is 0 Å². The van der Waals surface area contributed by atoms with Gasteiger partial charge in [-0.1, -0.05) is 13.3 Å². The Morgan fingerprint density at radius 3 is 2.60 bits per heavy atom. The molecule has 7 heteroatoms. The summed E-state index contributed by atoms with van der Waals surface area (Å²) in [5, 5.41) is 0. The van der Waals surface area contributed by atoms with Crippen LogP contribution in [0.5, 0.6) is 0 Å². The molecule has 0 N–H and O–H groups in total. The van der Waals surface area contributed by atoms with Crippen molar-refractivity contribution in [1.82, 2.24) is 14.9 Å². The number of hydrogen-bond donors (Lipinski definition) is 0. The summed E-state index contributed by atoms with van der Waals surface area (Å²) >= 11 is 0. The van der Waals surface area contributed by atoms with E-state index in [2.05, 4.69) is 21.8 Å². The first-order chi connectivity index (χ1) is 12.0. The normalized spacial score (nSPS) is 19.4. The lowest BCUT2D eigenvalue weighted by Crippen LogP contribution is -2.45. The fraction of sp³-hybridized carbons (Fsp3) is 0.722. The molecule has 2 aliphatic rings. The maximum atomic E-state index is 12.6. The molecule has 0 atom stereocenters. The summed E-state index contributed by atoms with van der Waals surface area (Å²) in [6.07, 6.45) is 3.68. The first kappa shape index (κ1) is 18.1. The number of hydrogen-bond acceptors (Lipinski definition) is 6. The summed E-state index contributed by atoms with van der Waals surface area (Å²) in [5.74, 6) is 0.986. The zero-order valence-electron chi connectivity index (χ0n) is 15.5. The lowest BCUT2D eigenvalue weighted by molar-refractivity contribution is -0.169. The molecule has 0 aliphatic carbocycles. The van der Waals surface area contributed by atoms with E-state index in [1.54, 1.807) is 4.90 Å². The number of unbranched alkanes of at least 4 members (excludes halogenated alkanes) is 1. The van der Waals surface area contributed by atoms with Crippen LogP contribution in [0.4, 0.5) is 5.82 Å². The van der Waals surface area contributed by atoms with Crippen molar-refractivity contribution in [2.75, 3.05) is 44.8 Å². The first-order valence-corrected chi connectivity index (χ1v) is 9.17. The number of anilines is 1. The van der Waals surface area contributed by atoms with E-state index in [1.807, 2.05) is 20.0 Å². The average Bonchev–Trinajstić information content (AvgIpc) is 3.07. The van der Waals surface area contributed by atoms with E-state index in [9.17, 15) is 4.79 Å². The Kier molecular flexibility index (Phi) is 5.54. The molecule has 7 nitrogen and oxygen atoms in total. The molecule has 1 aromatic heterocycles. The topological polar surface area (TPSA) is 67.8 Å². The second kappa shape index (κ2) is 7.66. The molecule has 1 amide bonds. The maximum absolute atomic E-state index is 12.6. The smallest absolute Gasteiger partial charge is 0.272 e. The highest BCUT2D eigenvalue weighted by Crippen LogP contribution is 2.32. The van der Waals surface area contributed by atoms with Crippen LogP contribution < -0.4 is 4.90 Å². The minimum absolute atomic E-state index is 0.0452. The summed E-state index contributed by atoms with van der Waals surface area (Å²) in [4.78, 5) is 25.4. The van der Waals surface area contributed by atoms with Gasteiger partial charge in [0.15, 0.2) is 5.79 Å². The summed E-state index contributed by atoms with van der Waals surface area (Å²) in [6.45, 7) is 7.65. The van der Waals surface area contributed by atoms with Gasteiger partial charge < -0.3 is 19.3 Å². The molecule has 0 aromatic carbocycles. The van der Waals surface area contributed by atoms with Crippen LogP contribution in [0, 0.1) is 6.92 Å². The number of aromatic nitrogens is 2. The van der Waals surface area contributed by atoms with Gasteiger partial charge in [-0.2, -0.15) is 0 Å². The van der Waals surface area contributed by atoms with Crippen molar-refractivity contribution >= 4 is 11.7 Å². The second-order valence-electron chi connectivity index (χ2n) is 6.83. The Bertz CT molecular complexity index is 606. The van der Waals surface area contributed by atoms with Gasteiger partial charge in [-0.05, 0) is 13.3 Å². The molecule has 138 valence electrons. The molecule has 3 heterocycles. The molecular formula is C18H28N4O3. The molecule has 2 fully saturated rings. The molecule has 0 radical (unpaired) electrons. The van der Waals surface area contributed by atoms with Crippen LogP contribution in [0.25, 0.3) is 0 Å². The van der Waals surface area contributed by atoms with Crippen LogP contribution >= 0.6 is 0 Å². The summed E-state index contributed by atoms with van der Waals surface area (Å²) in [7, 11) is 1.83.